The molecule has 0 bridgehead atoms. The molecule has 7 heteroatoms. The van der Waals surface area contributed by atoms with Gasteiger partial charge in [0.05, 0.1) is 16.9 Å². The number of nitrogen functional groups attached to an aromatic ring is 1. The molecule has 0 saturated heterocycles. The van der Waals surface area contributed by atoms with E-state index in [1.54, 1.807) is 18.4 Å². The second-order valence-corrected chi connectivity index (χ2v) is 6.70. The highest BCUT2D eigenvalue weighted by atomic mass is 32.1. The van der Waals surface area contributed by atoms with Crippen LogP contribution in [0.3, 0.4) is 0 Å². The van der Waals surface area contributed by atoms with Crippen molar-refractivity contribution in [1.82, 2.24) is 20.1 Å². The Morgan fingerprint density at radius 1 is 1.62 bits per heavy atom. The summed E-state index contributed by atoms with van der Waals surface area (Å²) in [7, 11) is 1.72. The molecule has 1 aliphatic rings. The second-order valence-electron chi connectivity index (χ2n) is 5.41. The number of nitrogens with zero attached hydrogens (tertiary/aromatic N) is 3. The molecule has 2 aromatic rings. The SMILES string of the molecule is Cc1nc2c(s1)CCC[C@H]2CNC(=O)c1cnn(C)c1N. The Kier molecular flexibility index (Phi) is 3.67. The van der Waals surface area contributed by atoms with E-state index >= 15 is 0 Å². The number of nitrogens with two attached hydrogens (primary N) is 1. The van der Waals surface area contributed by atoms with Crippen molar-refractivity contribution in [2.45, 2.75) is 32.1 Å². The van der Waals surface area contributed by atoms with Crippen molar-refractivity contribution in [3.05, 3.63) is 27.3 Å². The van der Waals surface area contributed by atoms with Crippen LogP contribution >= 0.6 is 11.3 Å². The Morgan fingerprint density at radius 3 is 3.14 bits per heavy atom. The molecule has 3 N–H and O–H groups in total. The van der Waals surface area contributed by atoms with Gasteiger partial charge in [0.2, 0.25) is 0 Å². The fourth-order valence-corrected chi connectivity index (χ4v) is 3.82. The summed E-state index contributed by atoms with van der Waals surface area (Å²) in [6.45, 7) is 2.64. The van der Waals surface area contributed by atoms with Crippen LogP contribution < -0.4 is 11.1 Å². The largest absolute Gasteiger partial charge is 0.383 e. The van der Waals surface area contributed by atoms with E-state index in [1.807, 2.05) is 6.92 Å². The summed E-state index contributed by atoms with van der Waals surface area (Å²) in [5.74, 6) is 0.529. The molecule has 2 aromatic heterocycles. The number of thiazole rings is 1. The molecule has 1 aliphatic carbocycles. The van der Waals surface area contributed by atoms with E-state index in [9.17, 15) is 4.79 Å². The molecule has 6 nitrogen and oxygen atoms in total. The lowest BCUT2D eigenvalue weighted by atomic mass is 9.91. The average Bonchev–Trinajstić information content (AvgIpc) is 2.99. The van der Waals surface area contributed by atoms with Gasteiger partial charge in [-0.2, -0.15) is 5.10 Å². The van der Waals surface area contributed by atoms with Crippen molar-refractivity contribution in [2.75, 3.05) is 12.3 Å². The summed E-state index contributed by atoms with van der Waals surface area (Å²) in [6.07, 6.45) is 4.84. The molecule has 2 heterocycles. The third kappa shape index (κ3) is 2.65. The Bertz CT molecular complexity index is 675. The fraction of sp³-hybridized carbons (Fsp3) is 0.500. The van der Waals surface area contributed by atoms with Crippen molar-refractivity contribution < 1.29 is 4.79 Å². The second kappa shape index (κ2) is 5.48. The number of carbonyl (C=O) groups excluding carboxylic acids is 1. The molecule has 112 valence electrons. The molecule has 3 rings (SSSR count). The summed E-state index contributed by atoms with van der Waals surface area (Å²) in [4.78, 5) is 18.2. The van der Waals surface area contributed by atoms with Crippen molar-refractivity contribution in [3.63, 3.8) is 0 Å². The van der Waals surface area contributed by atoms with Crippen LogP contribution in [0.15, 0.2) is 6.20 Å². The molecule has 0 fully saturated rings. The summed E-state index contributed by atoms with van der Waals surface area (Å²) in [6, 6.07) is 0. The predicted molar refractivity (Wildman–Crippen MR) is 82.5 cm³/mol. The first-order chi connectivity index (χ1) is 10.1. The topological polar surface area (TPSA) is 85.8 Å². The maximum Gasteiger partial charge on any atom is 0.256 e. The lowest BCUT2D eigenvalue weighted by molar-refractivity contribution is 0.0951. The van der Waals surface area contributed by atoms with E-state index in [0.717, 1.165) is 24.3 Å². The first kappa shape index (κ1) is 14.1. The number of hydrogen-bond donors (Lipinski definition) is 2. The van der Waals surface area contributed by atoms with Crippen molar-refractivity contribution >= 4 is 23.1 Å². The third-order valence-corrected chi connectivity index (χ3v) is 4.96. The molecule has 0 aromatic carbocycles. The number of aromatic nitrogens is 3. The number of aryl methyl sites for hydroxylation is 3. The van der Waals surface area contributed by atoms with E-state index in [1.165, 1.54) is 21.4 Å². The van der Waals surface area contributed by atoms with Gasteiger partial charge in [0.1, 0.15) is 11.4 Å². The van der Waals surface area contributed by atoms with Crippen LogP contribution in [0.1, 0.15) is 44.7 Å². The Morgan fingerprint density at radius 2 is 2.43 bits per heavy atom. The summed E-state index contributed by atoms with van der Waals surface area (Å²) in [5.41, 5.74) is 7.42. The molecule has 0 radical (unpaired) electrons. The van der Waals surface area contributed by atoms with Crippen molar-refractivity contribution in [3.8, 4) is 0 Å². The third-order valence-electron chi connectivity index (χ3n) is 3.92. The van der Waals surface area contributed by atoms with E-state index in [-0.39, 0.29) is 5.91 Å². The van der Waals surface area contributed by atoms with Crippen LogP contribution in [0.5, 0.6) is 0 Å². The number of rotatable bonds is 3. The molecule has 21 heavy (non-hydrogen) atoms. The van der Waals surface area contributed by atoms with Crippen LogP contribution in [-0.2, 0) is 13.5 Å². The van der Waals surface area contributed by atoms with Crippen LogP contribution in [-0.4, -0.2) is 27.2 Å². The minimum Gasteiger partial charge on any atom is -0.383 e. The van der Waals surface area contributed by atoms with Crippen LogP contribution in [0.2, 0.25) is 0 Å². The molecule has 0 saturated carbocycles. The Hall–Kier alpha value is -1.89. The lowest BCUT2D eigenvalue weighted by Gasteiger charge is -2.21. The standard InChI is InChI=1S/C14H19N5OS/c1-8-18-12-9(4-3-5-11(12)21-8)6-16-14(20)10-7-17-19(2)13(10)15/h7,9H,3-6,15H2,1-2H3,(H,16,20)/t9-/m0/s1. The van der Waals surface area contributed by atoms with Gasteiger partial charge in [-0.05, 0) is 26.2 Å². The van der Waals surface area contributed by atoms with Gasteiger partial charge in [-0.25, -0.2) is 4.98 Å². The zero-order valence-corrected chi connectivity index (χ0v) is 13.0. The van der Waals surface area contributed by atoms with E-state index in [2.05, 4.69) is 15.4 Å². The van der Waals surface area contributed by atoms with Gasteiger partial charge in [0, 0.05) is 24.4 Å². The molecular weight excluding hydrogens is 286 g/mol. The molecule has 1 amide bonds. The van der Waals surface area contributed by atoms with Gasteiger partial charge in [-0.1, -0.05) is 0 Å². The summed E-state index contributed by atoms with van der Waals surface area (Å²) < 4.78 is 1.50. The molecule has 1 atom stereocenters. The fourth-order valence-electron chi connectivity index (χ4n) is 2.76. The van der Waals surface area contributed by atoms with Gasteiger partial charge in [0.15, 0.2) is 0 Å². The number of fused-ring (bicyclic) bond motifs is 1. The monoisotopic (exact) mass is 305 g/mol. The zero-order chi connectivity index (χ0) is 15.0. The highest BCUT2D eigenvalue weighted by Crippen LogP contribution is 2.34. The maximum absolute atomic E-state index is 12.2. The molecule has 0 unspecified atom stereocenters. The number of amides is 1. The summed E-state index contributed by atoms with van der Waals surface area (Å²) >= 11 is 1.77. The highest BCUT2D eigenvalue weighted by Gasteiger charge is 2.25. The normalized spacial score (nSPS) is 17.5. The quantitative estimate of drug-likeness (QED) is 0.902. The van der Waals surface area contributed by atoms with Crippen LogP contribution in [0, 0.1) is 6.92 Å². The van der Waals surface area contributed by atoms with Gasteiger partial charge < -0.3 is 11.1 Å². The lowest BCUT2D eigenvalue weighted by Crippen LogP contribution is -2.30. The first-order valence-corrected chi connectivity index (χ1v) is 7.89. The van der Waals surface area contributed by atoms with Gasteiger partial charge in [-0.3, -0.25) is 9.48 Å². The number of anilines is 1. The van der Waals surface area contributed by atoms with Crippen LogP contribution in [0.25, 0.3) is 0 Å². The number of hydrogen-bond acceptors (Lipinski definition) is 5. The minimum absolute atomic E-state index is 0.167. The highest BCUT2D eigenvalue weighted by molar-refractivity contribution is 7.11. The number of nitrogens with one attached hydrogen (secondary N) is 1. The summed E-state index contributed by atoms with van der Waals surface area (Å²) in [5, 5.41) is 8.06. The average molecular weight is 305 g/mol. The van der Waals surface area contributed by atoms with E-state index < -0.39 is 0 Å². The number of carbonyl (C=O) groups is 1. The van der Waals surface area contributed by atoms with E-state index in [0.29, 0.717) is 23.8 Å². The minimum atomic E-state index is -0.167. The zero-order valence-electron chi connectivity index (χ0n) is 12.2. The van der Waals surface area contributed by atoms with Crippen molar-refractivity contribution in [1.29, 1.82) is 0 Å². The predicted octanol–water partition coefficient (Wildman–Crippen LogP) is 1.62. The van der Waals surface area contributed by atoms with Gasteiger partial charge in [0.25, 0.3) is 5.91 Å². The van der Waals surface area contributed by atoms with Gasteiger partial charge >= 0.3 is 0 Å². The van der Waals surface area contributed by atoms with Crippen LogP contribution in [0.4, 0.5) is 5.82 Å². The molecule has 0 spiro atoms. The van der Waals surface area contributed by atoms with E-state index in [4.69, 9.17) is 5.73 Å². The van der Waals surface area contributed by atoms with Crippen molar-refractivity contribution in [2.24, 2.45) is 7.05 Å². The maximum atomic E-state index is 12.2. The first-order valence-electron chi connectivity index (χ1n) is 7.08. The Labute approximate surface area is 127 Å². The molecular formula is C14H19N5OS. The van der Waals surface area contributed by atoms with Gasteiger partial charge in [-0.15, -0.1) is 11.3 Å². The molecule has 0 aliphatic heterocycles. The Balaban J connectivity index is 1.68. The smallest absolute Gasteiger partial charge is 0.256 e.